The van der Waals surface area contributed by atoms with Crippen molar-refractivity contribution in [2.24, 2.45) is 5.41 Å². The third-order valence-corrected chi connectivity index (χ3v) is 8.93. The average molecular weight is 547 g/mol. The molecule has 1 aromatic heterocycles. The lowest BCUT2D eigenvalue weighted by atomic mass is 9.73. The molecule has 0 radical (unpaired) electrons. The van der Waals surface area contributed by atoms with Crippen LogP contribution in [0.2, 0.25) is 0 Å². The van der Waals surface area contributed by atoms with Crippen molar-refractivity contribution in [2.75, 3.05) is 26.2 Å². The molecule has 8 nitrogen and oxygen atoms in total. The van der Waals surface area contributed by atoms with Crippen molar-refractivity contribution >= 4 is 22.7 Å². The van der Waals surface area contributed by atoms with Gasteiger partial charge in [-0.3, -0.25) is 9.59 Å². The first-order valence-corrected chi connectivity index (χ1v) is 14.0. The van der Waals surface area contributed by atoms with Crippen LogP contribution in [0.5, 0.6) is 17.2 Å². The summed E-state index contributed by atoms with van der Waals surface area (Å²) >= 11 is 0. The summed E-state index contributed by atoms with van der Waals surface area (Å²) in [5, 5.41) is 13.8. The highest BCUT2D eigenvalue weighted by Gasteiger charge is 2.53. The lowest BCUT2D eigenvalue weighted by molar-refractivity contribution is -0.131. The van der Waals surface area contributed by atoms with Crippen LogP contribution < -0.4 is 14.8 Å². The van der Waals surface area contributed by atoms with Crippen LogP contribution in [0.3, 0.4) is 0 Å². The van der Waals surface area contributed by atoms with Crippen molar-refractivity contribution in [1.29, 1.82) is 5.26 Å². The molecule has 206 valence electrons. The summed E-state index contributed by atoms with van der Waals surface area (Å²) in [4.78, 5) is 28.7. The number of para-hydroxylation sites is 2. The zero-order valence-corrected chi connectivity index (χ0v) is 22.9. The van der Waals surface area contributed by atoms with Gasteiger partial charge in [-0.25, -0.2) is 0 Å². The van der Waals surface area contributed by atoms with E-state index in [-0.39, 0.29) is 24.3 Å². The van der Waals surface area contributed by atoms with Crippen molar-refractivity contribution in [1.82, 2.24) is 14.8 Å². The zero-order valence-electron chi connectivity index (χ0n) is 22.9. The van der Waals surface area contributed by atoms with Crippen LogP contribution in [0.15, 0.2) is 66.7 Å². The number of amides is 2. The van der Waals surface area contributed by atoms with Gasteiger partial charge in [0.1, 0.15) is 18.4 Å². The number of carbonyl (C=O) groups is 2. The molecule has 3 aliphatic heterocycles. The van der Waals surface area contributed by atoms with Gasteiger partial charge in [0.15, 0.2) is 11.5 Å². The predicted octanol–water partition coefficient (Wildman–Crippen LogP) is 4.68. The number of hydrogen-bond acceptors (Lipinski definition) is 5. The van der Waals surface area contributed by atoms with E-state index < -0.39 is 5.41 Å². The summed E-state index contributed by atoms with van der Waals surface area (Å²) in [5.41, 5.74) is 3.80. The molecule has 0 unspecified atom stereocenters. The Morgan fingerprint density at radius 2 is 1.98 bits per heavy atom. The first-order chi connectivity index (χ1) is 20.0. The number of carbonyl (C=O) groups excluding carboxylic acids is 2. The Labute approximate surface area is 238 Å². The summed E-state index contributed by atoms with van der Waals surface area (Å²) in [6.07, 6.45) is 0.980. The van der Waals surface area contributed by atoms with Gasteiger partial charge in [-0.15, -0.1) is 0 Å². The normalized spacial score (nSPS) is 21.3. The van der Waals surface area contributed by atoms with Gasteiger partial charge in [-0.1, -0.05) is 42.5 Å². The number of aryl methyl sites for hydroxylation is 1. The summed E-state index contributed by atoms with van der Waals surface area (Å²) in [7, 11) is 0. The molecule has 0 saturated carbocycles. The predicted molar refractivity (Wildman–Crippen MR) is 153 cm³/mol. The van der Waals surface area contributed by atoms with Crippen molar-refractivity contribution in [3.8, 4) is 23.3 Å². The molecule has 3 aromatic carbocycles. The summed E-state index contributed by atoms with van der Waals surface area (Å²) in [6.45, 7) is 3.77. The molecule has 1 saturated heterocycles. The molecule has 2 amide bonds. The van der Waals surface area contributed by atoms with E-state index in [4.69, 9.17) is 9.47 Å². The van der Waals surface area contributed by atoms with E-state index in [1.807, 2.05) is 83.1 Å². The minimum Gasteiger partial charge on any atom is -0.489 e. The molecule has 2 atom stereocenters. The average Bonchev–Trinajstić information content (AvgIpc) is 3.51. The number of hydrogen-bond donors (Lipinski definition) is 1. The van der Waals surface area contributed by atoms with Crippen molar-refractivity contribution in [3.63, 3.8) is 0 Å². The molecular weight excluding hydrogens is 516 g/mol. The maximum Gasteiger partial charge on any atom is 0.242 e. The maximum absolute atomic E-state index is 13.9. The van der Waals surface area contributed by atoms with Gasteiger partial charge in [0.2, 0.25) is 11.8 Å². The van der Waals surface area contributed by atoms with Gasteiger partial charge in [-0.05, 0) is 43.2 Å². The third kappa shape index (κ3) is 4.20. The Morgan fingerprint density at radius 1 is 1.12 bits per heavy atom. The van der Waals surface area contributed by atoms with Crippen LogP contribution in [-0.2, 0) is 22.6 Å². The highest BCUT2D eigenvalue weighted by atomic mass is 16.5. The fraction of sp³-hybridized carbons (Fsp3) is 0.303. The molecule has 7 rings (SSSR count). The molecule has 4 bridgehead atoms. The summed E-state index contributed by atoms with van der Waals surface area (Å²) in [5.74, 6) is 1.96. The quantitative estimate of drug-likeness (QED) is 0.394. The van der Waals surface area contributed by atoms with E-state index in [0.29, 0.717) is 61.9 Å². The Hall–Kier alpha value is -4.77. The number of aromatic nitrogens is 1. The maximum atomic E-state index is 13.9. The van der Waals surface area contributed by atoms with Gasteiger partial charge in [0.25, 0.3) is 0 Å². The summed E-state index contributed by atoms with van der Waals surface area (Å²) < 4.78 is 14.7. The Balaban J connectivity index is 1.24. The second-order valence-corrected chi connectivity index (χ2v) is 11.4. The Kier molecular flexibility index (Phi) is 5.97. The largest absolute Gasteiger partial charge is 0.489 e. The van der Waals surface area contributed by atoms with Gasteiger partial charge in [0.05, 0.1) is 17.7 Å². The fourth-order valence-electron chi connectivity index (χ4n) is 6.74. The number of fused-ring (bicyclic) bond motifs is 5. The van der Waals surface area contributed by atoms with E-state index >= 15 is 0 Å². The second-order valence-electron chi connectivity index (χ2n) is 11.4. The first-order valence-electron chi connectivity index (χ1n) is 14.0. The monoisotopic (exact) mass is 546 g/mol. The number of rotatable bonds is 2. The fourth-order valence-corrected chi connectivity index (χ4v) is 6.74. The first kappa shape index (κ1) is 25.2. The van der Waals surface area contributed by atoms with Crippen LogP contribution in [0, 0.1) is 23.7 Å². The van der Waals surface area contributed by atoms with Crippen LogP contribution >= 0.6 is 0 Å². The Bertz CT molecular complexity index is 1750. The standard InChI is InChI=1S/C33H30N4O4/c1-21-26(15-34)24-8-2-3-10-28(24)37(21)17-31(39)36-16-27-25-9-5-11-29-32(25)40-20-33(27,19-36)18-35-30(38)13-12-22-6-4-7-23(14-22)41-29/h2-11,14,27H,12-13,16-20H2,1H3,(H,35,38)/t27-,33+/m1/s1. The van der Waals surface area contributed by atoms with Crippen LogP contribution in [0.1, 0.15) is 34.7 Å². The topological polar surface area (TPSA) is 96.6 Å². The number of nitrogens with zero attached hydrogens (tertiary/aromatic N) is 3. The molecule has 1 spiro atoms. The third-order valence-electron chi connectivity index (χ3n) is 8.93. The second kappa shape index (κ2) is 9.70. The highest BCUT2D eigenvalue weighted by molar-refractivity contribution is 5.89. The van der Waals surface area contributed by atoms with E-state index in [2.05, 4.69) is 11.4 Å². The zero-order chi connectivity index (χ0) is 28.1. The van der Waals surface area contributed by atoms with Crippen molar-refractivity contribution in [3.05, 3.63) is 89.1 Å². The van der Waals surface area contributed by atoms with E-state index in [9.17, 15) is 14.9 Å². The molecule has 1 fully saturated rings. The van der Waals surface area contributed by atoms with Gasteiger partial charge >= 0.3 is 0 Å². The SMILES string of the molecule is Cc1c(C#N)c2ccccc2n1CC(=O)N1C[C@@H]2c3cccc4c3OC[C@]2(CNC(=O)CCc2cccc(c2)O4)C1. The van der Waals surface area contributed by atoms with Crippen LogP contribution in [-0.4, -0.2) is 47.5 Å². The number of nitriles is 1. The van der Waals surface area contributed by atoms with Gasteiger partial charge in [0, 0.05) is 54.0 Å². The van der Waals surface area contributed by atoms with Crippen LogP contribution in [0.25, 0.3) is 10.9 Å². The van der Waals surface area contributed by atoms with Gasteiger partial charge in [-0.2, -0.15) is 5.26 Å². The molecule has 8 heteroatoms. The minimum absolute atomic E-state index is 0.0238. The van der Waals surface area contributed by atoms with Crippen molar-refractivity contribution in [2.45, 2.75) is 32.2 Å². The lowest BCUT2D eigenvalue weighted by Gasteiger charge is -2.39. The number of benzene rings is 3. The summed E-state index contributed by atoms with van der Waals surface area (Å²) in [6, 6.07) is 23.7. The smallest absolute Gasteiger partial charge is 0.242 e. The molecule has 41 heavy (non-hydrogen) atoms. The number of ether oxygens (including phenoxy) is 2. The van der Waals surface area contributed by atoms with Crippen LogP contribution in [0.4, 0.5) is 0 Å². The number of nitrogens with one attached hydrogen (secondary N) is 1. The molecule has 4 aromatic rings. The number of likely N-dealkylation sites (tertiary alicyclic amines) is 1. The molecule has 0 aliphatic carbocycles. The molecular formula is C33H30N4O4. The van der Waals surface area contributed by atoms with Crippen molar-refractivity contribution < 1.29 is 19.1 Å². The molecule has 3 aliphatic rings. The molecule has 1 N–H and O–H groups in total. The van der Waals surface area contributed by atoms with E-state index in [1.54, 1.807) is 0 Å². The Morgan fingerprint density at radius 3 is 2.85 bits per heavy atom. The molecule has 4 heterocycles. The van der Waals surface area contributed by atoms with E-state index in [0.717, 1.165) is 27.7 Å². The minimum atomic E-state index is -0.471. The van der Waals surface area contributed by atoms with E-state index in [1.165, 1.54) is 0 Å². The highest BCUT2D eigenvalue weighted by Crippen LogP contribution is 2.52. The lowest BCUT2D eigenvalue weighted by Crippen LogP contribution is -2.48. The van der Waals surface area contributed by atoms with Gasteiger partial charge < -0.3 is 24.3 Å².